The molecule has 0 heterocycles. The molecule has 0 aromatic rings. The second-order valence-electron chi connectivity index (χ2n) is 0.991. The number of hydrazone groups is 1. The van der Waals surface area contributed by atoms with Gasteiger partial charge in [0, 0.05) is 0 Å². The number of hydrogen-bond acceptors (Lipinski definition) is 5. The Hall–Kier alpha value is -1.93. The Balaban J connectivity index is 3.70. The molecule has 0 unspecified atom stereocenters. The summed E-state index contributed by atoms with van der Waals surface area (Å²) in [6, 6.07) is 0. The molecule has 0 aromatic carbocycles. The van der Waals surface area contributed by atoms with E-state index < -0.39 is 11.0 Å². The zero-order valence-electron chi connectivity index (χ0n) is 4.55. The molecule has 0 bridgehead atoms. The third kappa shape index (κ3) is 4.23. The smallest absolute Gasteiger partial charge is 0.301 e. The fraction of sp³-hybridized carbons (Fsp3) is 0. The second-order valence-corrected chi connectivity index (χ2v) is 0.991. The van der Waals surface area contributed by atoms with Crippen molar-refractivity contribution in [2.75, 3.05) is 0 Å². The lowest BCUT2D eigenvalue weighted by Gasteiger charge is -1.91. The van der Waals surface area contributed by atoms with Crippen molar-refractivity contribution < 1.29 is 9.97 Å². The molecule has 9 nitrogen and oxygen atoms in total. The first-order valence-corrected chi connectivity index (χ1v) is 1.90. The maximum atomic E-state index is 9.51. The van der Waals surface area contributed by atoms with Crippen LogP contribution in [0, 0.1) is 15.0 Å². The highest BCUT2D eigenvalue weighted by Crippen LogP contribution is 1.69. The van der Waals surface area contributed by atoms with E-state index in [-0.39, 0.29) is 0 Å². The Morgan fingerprint density at radius 1 is 1.80 bits per heavy atom. The zero-order chi connectivity index (χ0) is 7.98. The molecule has 56 valence electrons. The lowest BCUT2D eigenvalue weighted by molar-refractivity contribution is -0.485. The van der Waals surface area contributed by atoms with E-state index in [1.54, 1.807) is 5.48 Å². The predicted octanol–water partition coefficient (Wildman–Crippen LogP) is -1.30. The van der Waals surface area contributed by atoms with E-state index in [1.807, 2.05) is 5.34 Å². The molecule has 0 aromatic heterocycles. The number of nitro groups is 1. The molecule has 0 rings (SSSR count). The molecular weight excluding hydrogens is 146 g/mol. The van der Waals surface area contributed by atoms with Gasteiger partial charge >= 0.3 is 5.96 Å². The molecular formula is CH3N5O4. The Labute approximate surface area is 53.9 Å². The highest BCUT2D eigenvalue weighted by molar-refractivity contribution is 5.75. The number of hydrogen-bond donors (Lipinski definition) is 2. The van der Waals surface area contributed by atoms with Gasteiger partial charge in [0.1, 0.15) is 5.10 Å². The van der Waals surface area contributed by atoms with Crippen molar-refractivity contribution in [3.05, 3.63) is 15.0 Å². The van der Waals surface area contributed by atoms with Crippen LogP contribution in [0.15, 0.2) is 10.4 Å². The molecule has 0 saturated heterocycles. The predicted molar refractivity (Wildman–Crippen MR) is 28.6 cm³/mol. The Morgan fingerprint density at radius 2 is 2.40 bits per heavy atom. The van der Waals surface area contributed by atoms with E-state index in [0.717, 1.165) is 0 Å². The number of guanidine groups is 1. The van der Waals surface area contributed by atoms with Crippen LogP contribution in [0.5, 0.6) is 0 Å². The number of nitrogens with zero attached hydrogens (tertiary/aromatic N) is 3. The van der Waals surface area contributed by atoms with Gasteiger partial charge in [0.2, 0.25) is 0 Å². The summed E-state index contributed by atoms with van der Waals surface area (Å²) < 4.78 is 0. The highest BCUT2D eigenvalue weighted by Gasteiger charge is 1.96. The highest BCUT2D eigenvalue weighted by atomic mass is 16.8. The number of nitrogens with one attached hydrogen (secondary N) is 1. The Bertz CT molecular complexity index is 163. The van der Waals surface area contributed by atoms with Crippen LogP contribution in [-0.2, 0) is 4.94 Å². The zero-order valence-corrected chi connectivity index (χ0v) is 4.55. The van der Waals surface area contributed by atoms with Gasteiger partial charge in [-0.15, -0.1) is 4.91 Å². The first-order chi connectivity index (χ1) is 4.66. The maximum Gasteiger partial charge on any atom is 0.301 e. The minimum Gasteiger partial charge on any atom is -0.362 e. The van der Waals surface area contributed by atoms with Gasteiger partial charge in [0.25, 0.3) is 0 Å². The molecule has 0 atom stereocenters. The standard InChI is InChI=1S/CH3N5O4/c2-1(3-6(8)9)4-10-5-7/h(H3,2,3,4). The lowest BCUT2D eigenvalue weighted by Crippen LogP contribution is -2.30. The fourth-order valence-electron chi connectivity index (χ4n) is 0.174. The third-order valence-corrected chi connectivity index (χ3v) is 0.377. The summed E-state index contributed by atoms with van der Waals surface area (Å²) in [6.45, 7) is 0. The van der Waals surface area contributed by atoms with Gasteiger partial charge in [0.05, 0.1) is 0 Å². The van der Waals surface area contributed by atoms with Crippen molar-refractivity contribution in [2.45, 2.75) is 0 Å². The number of rotatable bonds is 3. The van der Waals surface area contributed by atoms with E-state index >= 15 is 0 Å². The summed E-state index contributed by atoms with van der Waals surface area (Å²) in [5, 5.41) is 12.8. The Kier molecular flexibility index (Phi) is 3.23. The molecule has 0 aliphatic carbocycles. The molecule has 0 aliphatic heterocycles. The van der Waals surface area contributed by atoms with Gasteiger partial charge in [-0.05, 0) is 0 Å². The fourth-order valence-corrected chi connectivity index (χ4v) is 0.174. The normalized spacial score (nSPS) is 10.2. The van der Waals surface area contributed by atoms with Crippen molar-refractivity contribution in [3.8, 4) is 0 Å². The summed E-state index contributed by atoms with van der Waals surface area (Å²) in [6.07, 6.45) is 0. The van der Waals surface area contributed by atoms with Crippen molar-refractivity contribution >= 4 is 5.96 Å². The maximum absolute atomic E-state index is 9.51. The van der Waals surface area contributed by atoms with Gasteiger partial charge in [-0.3, -0.25) is 0 Å². The van der Waals surface area contributed by atoms with E-state index in [2.05, 4.69) is 10.0 Å². The van der Waals surface area contributed by atoms with E-state index in [1.165, 1.54) is 0 Å². The SMILES string of the molecule is NC(=N[N+](=O)[O-])NON=O. The van der Waals surface area contributed by atoms with Crippen LogP contribution in [0.25, 0.3) is 0 Å². The van der Waals surface area contributed by atoms with Gasteiger partial charge < -0.3 is 5.73 Å². The summed E-state index contributed by atoms with van der Waals surface area (Å²) in [5.41, 5.74) is 6.30. The van der Waals surface area contributed by atoms with Gasteiger partial charge in [-0.1, -0.05) is 0 Å². The first-order valence-electron chi connectivity index (χ1n) is 1.90. The van der Waals surface area contributed by atoms with Gasteiger partial charge in [-0.2, -0.15) is 5.48 Å². The topological polar surface area (TPSA) is 132 Å². The molecule has 0 fully saturated rings. The molecule has 0 aliphatic rings. The quantitative estimate of drug-likeness (QED) is 0.168. The molecule has 0 amide bonds. The summed E-state index contributed by atoms with van der Waals surface area (Å²) >= 11 is 0. The van der Waals surface area contributed by atoms with E-state index in [9.17, 15) is 15.0 Å². The summed E-state index contributed by atoms with van der Waals surface area (Å²) in [4.78, 5) is 22.2. The van der Waals surface area contributed by atoms with Crippen LogP contribution < -0.4 is 11.2 Å². The van der Waals surface area contributed by atoms with Gasteiger partial charge in [0.15, 0.2) is 10.4 Å². The van der Waals surface area contributed by atoms with Crippen LogP contribution in [0.3, 0.4) is 0 Å². The monoisotopic (exact) mass is 149 g/mol. The van der Waals surface area contributed by atoms with Crippen LogP contribution in [0.2, 0.25) is 0 Å². The van der Waals surface area contributed by atoms with Crippen LogP contribution in [0.1, 0.15) is 0 Å². The first kappa shape index (κ1) is 8.07. The van der Waals surface area contributed by atoms with Crippen molar-refractivity contribution in [1.29, 1.82) is 0 Å². The molecule has 0 radical (unpaired) electrons. The molecule has 3 N–H and O–H groups in total. The molecule has 10 heavy (non-hydrogen) atoms. The third-order valence-electron chi connectivity index (χ3n) is 0.377. The average molecular weight is 149 g/mol. The summed E-state index contributed by atoms with van der Waals surface area (Å²) in [5.74, 6) is -0.662. The average Bonchev–Trinajstić information content (AvgIpc) is 1.82. The van der Waals surface area contributed by atoms with Crippen LogP contribution in [0.4, 0.5) is 0 Å². The number of hydroxylamine groups is 1. The molecule has 0 spiro atoms. The van der Waals surface area contributed by atoms with Gasteiger partial charge in [-0.25, -0.2) is 15.1 Å². The minimum absolute atomic E-state index is 0.662. The lowest BCUT2D eigenvalue weighted by atomic mass is 11.1. The van der Waals surface area contributed by atoms with Crippen LogP contribution in [-0.4, -0.2) is 11.0 Å². The van der Waals surface area contributed by atoms with Crippen molar-refractivity contribution in [3.63, 3.8) is 0 Å². The summed E-state index contributed by atoms with van der Waals surface area (Å²) in [7, 11) is 0. The van der Waals surface area contributed by atoms with Crippen molar-refractivity contribution in [2.24, 2.45) is 16.2 Å². The van der Waals surface area contributed by atoms with E-state index in [0.29, 0.717) is 0 Å². The van der Waals surface area contributed by atoms with Crippen molar-refractivity contribution in [1.82, 2.24) is 5.48 Å². The molecule has 0 saturated carbocycles. The van der Waals surface area contributed by atoms with E-state index in [4.69, 9.17) is 5.73 Å². The number of nitrogens with two attached hydrogens (primary N) is 1. The Morgan fingerprint density at radius 3 is 2.80 bits per heavy atom. The van der Waals surface area contributed by atoms with Crippen LogP contribution >= 0.6 is 0 Å². The largest absolute Gasteiger partial charge is 0.362 e. The second kappa shape index (κ2) is 4.00. The molecule has 9 heteroatoms. The minimum atomic E-state index is -1.06.